The molecule has 144 valence electrons. The summed E-state index contributed by atoms with van der Waals surface area (Å²) in [5.74, 6) is 0.136. The van der Waals surface area contributed by atoms with Crippen molar-refractivity contribution >= 4 is 11.8 Å². The first kappa shape index (κ1) is 19.1. The lowest BCUT2D eigenvalue weighted by Gasteiger charge is -2.24. The number of carbonyl (C=O) groups is 2. The Morgan fingerprint density at radius 2 is 2.07 bits per heavy atom. The Bertz CT molecular complexity index is 761. The molecule has 0 radical (unpaired) electrons. The van der Waals surface area contributed by atoms with Crippen LogP contribution in [-0.4, -0.2) is 35.8 Å². The van der Waals surface area contributed by atoms with Crippen molar-refractivity contribution in [2.24, 2.45) is 0 Å². The lowest BCUT2D eigenvalue weighted by molar-refractivity contribution is -0.128. The van der Waals surface area contributed by atoms with E-state index < -0.39 is 0 Å². The fraction of sp³-hybridized carbons (Fsp3) is 0.400. The predicted molar refractivity (Wildman–Crippen MR) is 98.1 cm³/mol. The van der Waals surface area contributed by atoms with E-state index in [0.717, 1.165) is 18.4 Å². The second kappa shape index (κ2) is 8.81. The summed E-state index contributed by atoms with van der Waals surface area (Å²) < 4.78 is 18.2. The Kier molecular flexibility index (Phi) is 6.24. The van der Waals surface area contributed by atoms with Gasteiger partial charge in [-0.2, -0.15) is 0 Å². The maximum atomic E-state index is 13.0. The monoisotopic (exact) mass is 373 g/mol. The third-order valence-electron chi connectivity index (χ3n) is 4.78. The molecular formula is C20H24FN3O3. The van der Waals surface area contributed by atoms with Crippen LogP contribution in [0.4, 0.5) is 4.39 Å². The second-order valence-corrected chi connectivity index (χ2v) is 6.77. The summed E-state index contributed by atoms with van der Waals surface area (Å²) in [6.07, 6.45) is 3.17. The summed E-state index contributed by atoms with van der Waals surface area (Å²) in [6.45, 7) is 3.05. The molecule has 3 rings (SSSR count). The summed E-state index contributed by atoms with van der Waals surface area (Å²) in [7, 11) is 0. The molecule has 2 heterocycles. The molecule has 1 aliphatic rings. The summed E-state index contributed by atoms with van der Waals surface area (Å²) in [6, 6.07) is 9.09. The van der Waals surface area contributed by atoms with Gasteiger partial charge >= 0.3 is 0 Å². The van der Waals surface area contributed by atoms with Crippen LogP contribution in [0.1, 0.15) is 37.1 Å². The maximum absolute atomic E-state index is 13.0. The minimum atomic E-state index is -0.313. The number of nitrogens with one attached hydrogen (secondary N) is 2. The van der Waals surface area contributed by atoms with Crippen LogP contribution in [0.25, 0.3) is 0 Å². The standard InChI is InChI=1S/C20H24FN3O3/c1-14(15-6-8-16(21)9-7-15)23-19(25)13-24-10-2-5-18(24)20(26)22-12-17-4-3-11-27-17/h3-4,6-9,11,14,18H,2,5,10,12-13H2,1H3,(H,22,26)(H,23,25). The molecule has 2 amide bonds. The van der Waals surface area contributed by atoms with E-state index in [1.165, 1.54) is 12.1 Å². The highest BCUT2D eigenvalue weighted by Gasteiger charge is 2.32. The topological polar surface area (TPSA) is 74.6 Å². The van der Waals surface area contributed by atoms with Gasteiger partial charge in [0.05, 0.1) is 31.4 Å². The van der Waals surface area contributed by atoms with Crippen LogP contribution in [0, 0.1) is 5.82 Å². The summed E-state index contributed by atoms with van der Waals surface area (Å²) in [4.78, 5) is 26.7. The predicted octanol–water partition coefficient (Wildman–Crippen LogP) is 2.38. The number of benzene rings is 1. The second-order valence-electron chi connectivity index (χ2n) is 6.77. The largest absolute Gasteiger partial charge is 0.467 e. The van der Waals surface area contributed by atoms with E-state index in [4.69, 9.17) is 4.42 Å². The number of nitrogens with zero attached hydrogens (tertiary/aromatic N) is 1. The van der Waals surface area contributed by atoms with Gasteiger partial charge in [-0.25, -0.2) is 4.39 Å². The summed E-state index contributed by atoms with van der Waals surface area (Å²) >= 11 is 0. The normalized spacial score (nSPS) is 18.2. The first-order valence-corrected chi connectivity index (χ1v) is 9.12. The van der Waals surface area contributed by atoms with Gasteiger partial charge in [0, 0.05) is 0 Å². The van der Waals surface area contributed by atoms with Crippen molar-refractivity contribution in [3.8, 4) is 0 Å². The van der Waals surface area contributed by atoms with E-state index in [1.54, 1.807) is 30.5 Å². The number of carbonyl (C=O) groups excluding carboxylic acids is 2. The van der Waals surface area contributed by atoms with Gasteiger partial charge in [-0.05, 0) is 56.1 Å². The minimum absolute atomic E-state index is 0.0942. The van der Waals surface area contributed by atoms with Crippen LogP contribution in [0.15, 0.2) is 47.1 Å². The average Bonchev–Trinajstić information content (AvgIpc) is 3.32. The van der Waals surface area contributed by atoms with Crippen LogP contribution >= 0.6 is 0 Å². The molecule has 2 aromatic rings. The average molecular weight is 373 g/mol. The number of amides is 2. The lowest BCUT2D eigenvalue weighted by atomic mass is 10.1. The molecule has 1 saturated heterocycles. The van der Waals surface area contributed by atoms with Crippen LogP contribution in [0.5, 0.6) is 0 Å². The number of hydrogen-bond donors (Lipinski definition) is 2. The van der Waals surface area contributed by atoms with Crippen LogP contribution in [-0.2, 0) is 16.1 Å². The molecule has 2 N–H and O–H groups in total. The van der Waals surface area contributed by atoms with Crippen molar-refractivity contribution in [2.75, 3.05) is 13.1 Å². The van der Waals surface area contributed by atoms with Crippen molar-refractivity contribution < 1.29 is 18.4 Å². The molecule has 7 heteroatoms. The van der Waals surface area contributed by atoms with Gasteiger partial charge in [-0.1, -0.05) is 12.1 Å². The SMILES string of the molecule is CC(NC(=O)CN1CCCC1C(=O)NCc1ccco1)c1ccc(F)cc1. The molecule has 0 spiro atoms. The van der Waals surface area contributed by atoms with Crippen LogP contribution in [0.3, 0.4) is 0 Å². The molecule has 2 atom stereocenters. The van der Waals surface area contributed by atoms with E-state index in [1.807, 2.05) is 11.8 Å². The first-order chi connectivity index (χ1) is 13.0. The van der Waals surface area contributed by atoms with E-state index in [2.05, 4.69) is 10.6 Å². The highest BCUT2D eigenvalue weighted by molar-refractivity contribution is 5.84. The van der Waals surface area contributed by atoms with E-state index >= 15 is 0 Å². The van der Waals surface area contributed by atoms with Crippen LogP contribution in [0.2, 0.25) is 0 Å². The zero-order valence-corrected chi connectivity index (χ0v) is 15.3. The zero-order chi connectivity index (χ0) is 19.2. The summed E-state index contributed by atoms with van der Waals surface area (Å²) in [5.41, 5.74) is 0.832. The maximum Gasteiger partial charge on any atom is 0.237 e. The third kappa shape index (κ3) is 5.17. The Hall–Kier alpha value is -2.67. The fourth-order valence-electron chi connectivity index (χ4n) is 3.32. The number of furan rings is 1. The smallest absolute Gasteiger partial charge is 0.237 e. The Balaban J connectivity index is 1.50. The number of hydrogen-bond acceptors (Lipinski definition) is 4. The van der Waals surface area contributed by atoms with Gasteiger partial charge in [0.25, 0.3) is 0 Å². The van der Waals surface area contributed by atoms with Gasteiger partial charge < -0.3 is 15.1 Å². The molecular weight excluding hydrogens is 349 g/mol. The van der Waals surface area contributed by atoms with Crippen molar-refractivity contribution in [1.82, 2.24) is 15.5 Å². The molecule has 1 aromatic carbocycles. The molecule has 0 aliphatic carbocycles. The van der Waals surface area contributed by atoms with Gasteiger partial charge in [-0.15, -0.1) is 0 Å². The zero-order valence-electron chi connectivity index (χ0n) is 15.3. The van der Waals surface area contributed by atoms with E-state index in [0.29, 0.717) is 18.8 Å². The van der Waals surface area contributed by atoms with Gasteiger partial charge in [-0.3, -0.25) is 14.5 Å². The Labute approximate surface area is 157 Å². The summed E-state index contributed by atoms with van der Waals surface area (Å²) in [5, 5.41) is 5.77. The van der Waals surface area contributed by atoms with E-state index in [9.17, 15) is 14.0 Å². The van der Waals surface area contributed by atoms with Crippen molar-refractivity contribution in [3.63, 3.8) is 0 Å². The van der Waals surface area contributed by atoms with Crippen molar-refractivity contribution in [1.29, 1.82) is 0 Å². The van der Waals surface area contributed by atoms with Crippen molar-refractivity contribution in [3.05, 3.63) is 59.8 Å². The molecule has 2 unspecified atom stereocenters. The number of halogens is 1. The molecule has 0 bridgehead atoms. The first-order valence-electron chi connectivity index (χ1n) is 9.12. The molecule has 1 aliphatic heterocycles. The Morgan fingerprint density at radius 1 is 1.30 bits per heavy atom. The molecule has 0 saturated carbocycles. The van der Waals surface area contributed by atoms with Crippen LogP contribution < -0.4 is 10.6 Å². The minimum Gasteiger partial charge on any atom is -0.467 e. The van der Waals surface area contributed by atoms with E-state index in [-0.39, 0.29) is 36.3 Å². The number of likely N-dealkylation sites (tertiary alicyclic amines) is 1. The third-order valence-corrected chi connectivity index (χ3v) is 4.78. The highest BCUT2D eigenvalue weighted by Crippen LogP contribution is 2.18. The lowest BCUT2D eigenvalue weighted by Crippen LogP contribution is -2.47. The fourth-order valence-corrected chi connectivity index (χ4v) is 3.32. The Morgan fingerprint density at radius 3 is 2.78 bits per heavy atom. The quantitative estimate of drug-likeness (QED) is 0.781. The van der Waals surface area contributed by atoms with Gasteiger partial charge in [0.2, 0.25) is 11.8 Å². The van der Waals surface area contributed by atoms with Gasteiger partial charge in [0.15, 0.2) is 0 Å². The van der Waals surface area contributed by atoms with Gasteiger partial charge in [0.1, 0.15) is 11.6 Å². The number of rotatable bonds is 7. The molecule has 1 aromatic heterocycles. The molecule has 6 nitrogen and oxygen atoms in total. The highest BCUT2D eigenvalue weighted by atomic mass is 19.1. The molecule has 1 fully saturated rings. The molecule has 27 heavy (non-hydrogen) atoms. The van der Waals surface area contributed by atoms with Crippen molar-refractivity contribution in [2.45, 2.75) is 38.4 Å².